The van der Waals surface area contributed by atoms with Gasteiger partial charge in [-0.15, -0.1) is 0 Å². The molecule has 0 aliphatic carbocycles. The average Bonchev–Trinajstić information content (AvgIpc) is 3.02. The summed E-state index contributed by atoms with van der Waals surface area (Å²) in [5, 5.41) is 5.53. The number of pyridine rings is 1. The van der Waals surface area contributed by atoms with E-state index in [0.29, 0.717) is 17.3 Å². The second-order valence-electron chi connectivity index (χ2n) is 6.77. The minimum absolute atomic E-state index is 0.193. The van der Waals surface area contributed by atoms with Crippen molar-refractivity contribution in [2.75, 3.05) is 4.72 Å². The zero-order valence-electron chi connectivity index (χ0n) is 15.8. The van der Waals surface area contributed by atoms with E-state index in [0.717, 1.165) is 22.0 Å². The van der Waals surface area contributed by atoms with E-state index in [1.165, 1.54) is 4.68 Å². The SMILES string of the molecule is Cc1cc(NS(=O)(=O)c2ccccc2)n(-c2cc(C)c3cccc(C)c3n2)n1. The van der Waals surface area contributed by atoms with Gasteiger partial charge in [0.15, 0.2) is 5.82 Å². The Kier molecular flexibility index (Phi) is 4.39. The lowest BCUT2D eigenvalue weighted by molar-refractivity contribution is 0.600. The van der Waals surface area contributed by atoms with Gasteiger partial charge in [0.05, 0.1) is 16.1 Å². The predicted octanol–water partition coefficient (Wildman–Crippen LogP) is 4.15. The molecule has 2 aromatic heterocycles. The van der Waals surface area contributed by atoms with E-state index in [9.17, 15) is 8.42 Å². The largest absolute Gasteiger partial charge is 0.263 e. The van der Waals surface area contributed by atoms with E-state index in [1.54, 1.807) is 36.4 Å². The Hall–Kier alpha value is -3.19. The van der Waals surface area contributed by atoms with Gasteiger partial charge in [0.1, 0.15) is 5.82 Å². The molecule has 0 saturated carbocycles. The minimum Gasteiger partial charge on any atom is -0.263 e. The quantitative estimate of drug-likeness (QED) is 0.566. The van der Waals surface area contributed by atoms with Crippen molar-refractivity contribution in [1.29, 1.82) is 0 Å². The van der Waals surface area contributed by atoms with Crippen molar-refractivity contribution in [3.8, 4) is 5.82 Å². The van der Waals surface area contributed by atoms with Crippen molar-refractivity contribution in [1.82, 2.24) is 14.8 Å². The Morgan fingerprint density at radius 3 is 2.39 bits per heavy atom. The van der Waals surface area contributed by atoms with E-state index in [4.69, 9.17) is 4.98 Å². The van der Waals surface area contributed by atoms with Gasteiger partial charge in [0.2, 0.25) is 0 Å². The first-order valence-electron chi connectivity index (χ1n) is 8.87. The molecule has 0 aliphatic heterocycles. The van der Waals surface area contributed by atoms with Crippen LogP contribution in [0.2, 0.25) is 0 Å². The Balaban J connectivity index is 1.83. The summed E-state index contributed by atoms with van der Waals surface area (Å²) < 4.78 is 29.7. The van der Waals surface area contributed by atoms with Gasteiger partial charge in [0.25, 0.3) is 10.0 Å². The summed E-state index contributed by atoms with van der Waals surface area (Å²) in [7, 11) is -3.73. The molecule has 2 aromatic carbocycles. The van der Waals surface area contributed by atoms with Crippen molar-refractivity contribution in [3.05, 3.63) is 77.5 Å². The fraction of sp³-hybridized carbons (Fsp3) is 0.143. The van der Waals surface area contributed by atoms with E-state index >= 15 is 0 Å². The molecule has 28 heavy (non-hydrogen) atoms. The molecule has 0 atom stereocenters. The van der Waals surface area contributed by atoms with Crippen LogP contribution in [0.1, 0.15) is 16.8 Å². The second kappa shape index (κ2) is 6.76. The molecule has 0 aliphatic rings. The average molecular weight is 392 g/mol. The molecule has 0 spiro atoms. The van der Waals surface area contributed by atoms with Gasteiger partial charge in [-0.2, -0.15) is 9.78 Å². The van der Waals surface area contributed by atoms with Crippen molar-refractivity contribution in [2.24, 2.45) is 0 Å². The molecule has 2 heterocycles. The summed E-state index contributed by atoms with van der Waals surface area (Å²) in [5.41, 5.74) is 3.67. The highest BCUT2D eigenvalue weighted by molar-refractivity contribution is 7.92. The molecule has 7 heteroatoms. The summed E-state index contributed by atoms with van der Waals surface area (Å²) in [6.07, 6.45) is 0. The molecule has 0 unspecified atom stereocenters. The number of fused-ring (bicyclic) bond motifs is 1. The predicted molar refractivity (Wildman–Crippen MR) is 110 cm³/mol. The van der Waals surface area contributed by atoms with Gasteiger partial charge in [-0.1, -0.05) is 36.4 Å². The maximum atomic E-state index is 12.8. The fourth-order valence-electron chi connectivity index (χ4n) is 3.20. The van der Waals surface area contributed by atoms with Crippen LogP contribution in [0.5, 0.6) is 0 Å². The first kappa shape index (κ1) is 18.2. The van der Waals surface area contributed by atoms with Gasteiger partial charge in [-0.05, 0) is 50.1 Å². The summed E-state index contributed by atoms with van der Waals surface area (Å²) in [5.74, 6) is 0.916. The molecule has 4 rings (SSSR count). The molecule has 1 N–H and O–H groups in total. The highest BCUT2D eigenvalue weighted by Crippen LogP contribution is 2.25. The lowest BCUT2D eigenvalue weighted by atomic mass is 10.1. The van der Waals surface area contributed by atoms with E-state index in [-0.39, 0.29) is 4.90 Å². The normalized spacial score (nSPS) is 11.7. The zero-order chi connectivity index (χ0) is 19.9. The first-order valence-corrected chi connectivity index (χ1v) is 10.4. The zero-order valence-corrected chi connectivity index (χ0v) is 16.7. The highest BCUT2D eigenvalue weighted by atomic mass is 32.2. The van der Waals surface area contributed by atoms with Crippen LogP contribution in [0.25, 0.3) is 16.7 Å². The Bertz CT molecular complexity index is 1280. The molecule has 142 valence electrons. The molecule has 0 saturated heterocycles. The van der Waals surface area contributed by atoms with Crippen LogP contribution in [0, 0.1) is 20.8 Å². The standard InChI is InChI=1S/C21H20N4O2S/c1-14-8-7-11-18-15(2)12-19(22-21(14)18)25-20(13-16(3)23-25)24-28(26,27)17-9-5-4-6-10-17/h4-13,24H,1-3H3. The van der Waals surface area contributed by atoms with E-state index in [1.807, 2.05) is 45.0 Å². The van der Waals surface area contributed by atoms with Gasteiger partial charge in [-0.25, -0.2) is 13.4 Å². The lowest BCUT2D eigenvalue weighted by Gasteiger charge is -2.12. The molecule has 4 aromatic rings. The Morgan fingerprint density at radius 1 is 0.893 bits per heavy atom. The van der Waals surface area contributed by atoms with Gasteiger partial charge >= 0.3 is 0 Å². The third-order valence-corrected chi connectivity index (χ3v) is 5.95. The van der Waals surface area contributed by atoms with E-state index < -0.39 is 10.0 Å². The number of nitrogens with zero attached hydrogens (tertiary/aromatic N) is 3. The number of anilines is 1. The van der Waals surface area contributed by atoms with Crippen molar-refractivity contribution in [3.63, 3.8) is 0 Å². The maximum Gasteiger partial charge on any atom is 0.263 e. The highest BCUT2D eigenvalue weighted by Gasteiger charge is 2.19. The number of sulfonamides is 1. The van der Waals surface area contributed by atoms with Crippen LogP contribution < -0.4 is 4.72 Å². The number of hydrogen-bond donors (Lipinski definition) is 1. The summed E-state index contributed by atoms with van der Waals surface area (Å²) >= 11 is 0. The topological polar surface area (TPSA) is 76.9 Å². The maximum absolute atomic E-state index is 12.8. The Labute approximate surface area is 163 Å². The number of hydrogen-bond acceptors (Lipinski definition) is 4. The molecular weight excluding hydrogens is 372 g/mol. The van der Waals surface area contributed by atoms with Gasteiger partial charge in [-0.3, -0.25) is 4.72 Å². The molecule has 6 nitrogen and oxygen atoms in total. The van der Waals surface area contributed by atoms with Crippen LogP contribution in [-0.2, 0) is 10.0 Å². The summed E-state index contributed by atoms with van der Waals surface area (Å²) in [6.45, 7) is 5.83. The van der Waals surface area contributed by atoms with Crippen molar-refractivity contribution < 1.29 is 8.42 Å². The third-order valence-electron chi connectivity index (χ3n) is 4.58. The smallest absolute Gasteiger partial charge is 0.263 e. The van der Waals surface area contributed by atoms with E-state index in [2.05, 4.69) is 9.82 Å². The monoisotopic (exact) mass is 392 g/mol. The molecule has 0 radical (unpaired) electrons. The van der Waals surface area contributed by atoms with Crippen LogP contribution in [0.4, 0.5) is 5.82 Å². The van der Waals surface area contributed by atoms with Crippen LogP contribution in [0.3, 0.4) is 0 Å². The summed E-state index contributed by atoms with van der Waals surface area (Å²) in [6, 6.07) is 17.9. The van der Waals surface area contributed by atoms with Crippen LogP contribution in [-0.4, -0.2) is 23.2 Å². The van der Waals surface area contributed by atoms with Crippen molar-refractivity contribution in [2.45, 2.75) is 25.7 Å². The van der Waals surface area contributed by atoms with Crippen LogP contribution in [0.15, 0.2) is 65.6 Å². The number of para-hydroxylation sites is 1. The fourth-order valence-corrected chi connectivity index (χ4v) is 4.25. The number of aryl methyl sites for hydroxylation is 3. The number of nitrogens with one attached hydrogen (secondary N) is 1. The number of aromatic nitrogens is 3. The third kappa shape index (κ3) is 3.25. The van der Waals surface area contributed by atoms with Crippen molar-refractivity contribution >= 4 is 26.7 Å². The number of rotatable bonds is 4. The molecular formula is C21H20N4O2S. The minimum atomic E-state index is -3.73. The lowest BCUT2D eigenvalue weighted by Crippen LogP contribution is -2.16. The molecule has 0 amide bonds. The van der Waals surface area contributed by atoms with Gasteiger partial charge in [0, 0.05) is 11.5 Å². The molecule has 0 bridgehead atoms. The first-order chi connectivity index (χ1) is 13.3. The number of benzene rings is 2. The molecule has 0 fully saturated rings. The van der Waals surface area contributed by atoms with Crippen LogP contribution >= 0.6 is 0 Å². The Morgan fingerprint density at radius 2 is 1.64 bits per heavy atom. The van der Waals surface area contributed by atoms with Gasteiger partial charge < -0.3 is 0 Å². The second-order valence-corrected chi connectivity index (χ2v) is 8.45. The summed E-state index contributed by atoms with van der Waals surface area (Å²) in [4.78, 5) is 4.94.